The molecule has 0 aliphatic rings. The molecule has 6 nitrogen and oxygen atoms in total. The number of hydrogen-bond donors (Lipinski definition) is 4. The van der Waals surface area contributed by atoms with Gasteiger partial charge in [0.05, 0.1) is 22.4 Å². The predicted molar refractivity (Wildman–Crippen MR) is 79.6 cm³/mol. The molecule has 3 aromatic rings. The number of aromatic nitrogens is 3. The van der Waals surface area contributed by atoms with Gasteiger partial charge < -0.3 is 21.0 Å². The smallest absolute Gasteiger partial charge is 0.323 e. The van der Waals surface area contributed by atoms with E-state index in [0.29, 0.717) is 12.2 Å². The molecule has 5 N–H and O–H groups in total. The number of imidazole rings is 1. The van der Waals surface area contributed by atoms with Crippen LogP contribution in [0.15, 0.2) is 35.1 Å². The Balaban J connectivity index is 1.78. The molecular formula is C14H15N5O. The van der Waals surface area contributed by atoms with Crippen LogP contribution in [0, 0.1) is 6.92 Å². The maximum Gasteiger partial charge on any atom is 0.323 e. The fraction of sp³-hybridized carbons (Fsp3) is 0.143. The highest BCUT2D eigenvalue weighted by atomic mass is 16.1. The average molecular weight is 269 g/mol. The fourth-order valence-electron chi connectivity index (χ4n) is 2.05. The number of fused-ring (bicyclic) bond motifs is 1. The molecule has 0 saturated heterocycles. The van der Waals surface area contributed by atoms with Gasteiger partial charge in [-0.25, -0.2) is 9.78 Å². The van der Waals surface area contributed by atoms with E-state index in [-0.39, 0.29) is 5.69 Å². The molecule has 0 saturated carbocycles. The van der Waals surface area contributed by atoms with E-state index < -0.39 is 0 Å². The van der Waals surface area contributed by atoms with Gasteiger partial charge in [0, 0.05) is 6.54 Å². The standard InChI is InChI=1S/C14H15N5O/c1-8-10(15)3-5-13(17-8)16-7-9-2-4-11-12(6-9)19-14(20)18-11/h2-6H,7,15H2,1H3,(H,16,17)(H2,18,19,20). The number of nitrogens with two attached hydrogens (primary N) is 1. The molecule has 0 spiro atoms. The van der Waals surface area contributed by atoms with E-state index >= 15 is 0 Å². The summed E-state index contributed by atoms with van der Waals surface area (Å²) < 4.78 is 0. The highest BCUT2D eigenvalue weighted by Gasteiger charge is 2.01. The predicted octanol–water partition coefficient (Wildman–Crippen LogP) is 1.75. The van der Waals surface area contributed by atoms with Gasteiger partial charge in [-0.1, -0.05) is 6.07 Å². The molecule has 102 valence electrons. The van der Waals surface area contributed by atoms with Crippen LogP contribution in [-0.2, 0) is 6.54 Å². The number of nitrogens with zero attached hydrogens (tertiary/aromatic N) is 1. The third kappa shape index (κ3) is 2.35. The van der Waals surface area contributed by atoms with Gasteiger partial charge in [0.15, 0.2) is 0 Å². The number of pyridine rings is 1. The van der Waals surface area contributed by atoms with Crippen molar-refractivity contribution < 1.29 is 0 Å². The summed E-state index contributed by atoms with van der Waals surface area (Å²) in [6.45, 7) is 2.50. The Hall–Kier alpha value is -2.76. The van der Waals surface area contributed by atoms with Crippen LogP contribution in [0.4, 0.5) is 11.5 Å². The van der Waals surface area contributed by atoms with Crippen molar-refractivity contribution in [1.29, 1.82) is 0 Å². The number of aromatic amines is 2. The van der Waals surface area contributed by atoms with Crippen LogP contribution in [0.25, 0.3) is 11.0 Å². The molecule has 0 bridgehead atoms. The summed E-state index contributed by atoms with van der Waals surface area (Å²) in [5, 5.41) is 3.23. The minimum absolute atomic E-state index is 0.194. The summed E-state index contributed by atoms with van der Waals surface area (Å²) in [6.07, 6.45) is 0. The number of benzene rings is 1. The van der Waals surface area contributed by atoms with E-state index in [2.05, 4.69) is 20.3 Å². The van der Waals surface area contributed by atoms with Gasteiger partial charge in [-0.15, -0.1) is 0 Å². The first-order valence-corrected chi connectivity index (χ1v) is 6.30. The van der Waals surface area contributed by atoms with Gasteiger partial charge in [-0.05, 0) is 36.8 Å². The largest absolute Gasteiger partial charge is 0.397 e. The Morgan fingerprint density at radius 1 is 1.20 bits per heavy atom. The Kier molecular flexibility index (Phi) is 2.90. The molecule has 2 heterocycles. The number of nitrogen functional groups attached to an aromatic ring is 1. The lowest BCUT2D eigenvalue weighted by molar-refractivity contribution is 1.09. The van der Waals surface area contributed by atoms with Crippen molar-refractivity contribution in [3.8, 4) is 0 Å². The molecule has 0 unspecified atom stereocenters. The second-order valence-electron chi connectivity index (χ2n) is 4.68. The van der Waals surface area contributed by atoms with Crippen molar-refractivity contribution in [3.05, 3.63) is 52.1 Å². The molecule has 3 rings (SSSR count). The zero-order valence-corrected chi connectivity index (χ0v) is 11.0. The van der Waals surface area contributed by atoms with E-state index in [4.69, 9.17) is 5.73 Å². The molecule has 0 aliphatic heterocycles. The van der Waals surface area contributed by atoms with E-state index in [9.17, 15) is 4.79 Å². The summed E-state index contributed by atoms with van der Waals surface area (Å²) in [5.74, 6) is 0.777. The Morgan fingerprint density at radius 2 is 2.00 bits per heavy atom. The van der Waals surface area contributed by atoms with Gasteiger partial charge in [0.1, 0.15) is 5.82 Å². The molecular weight excluding hydrogens is 254 g/mol. The molecule has 2 aromatic heterocycles. The number of rotatable bonds is 3. The normalized spacial score (nSPS) is 10.8. The summed E-state index contributed by atoms with van der Waals surface area (Å²) >= 11 is 0. The number of aryl methyl sites for hydroxylation is 1. The molecule has 0 atom stereocenters. The van der Waals surface area contributed by atoms with E-state index in [0.717, 1.165) is 28.1 Å². The third-order valence-corrected chi connectivity index (χ3v) is 3.18. The Labute approximate surface area is 115 Å². The van der Waals surface area contributed by atoms with Gasteiger partial charge in [-0.3, -0.25) is 0 Å². The van der Waals surface area contributed by atoms with E-state index in [1.54, 1.807) is 0 Å². The molecule has 0 amide bonds. The Bertz CT molecular complexity index is 818. The summed E-state index contributed by atoms with van der Waals surface area (Å²) in [6, 6.07) is 9.45. The molecule has 6 heteroatoms. The monoisotopic (exact) mass is 269 g/mol. The van der Waals surface area contributed by atoms with E-state index in [1.807, 2.05) is 37.3 Å². The first-order chi connectivity index (χ1) is 9.61. The van der Waals surface area contributed by atoms with Gasteiger partial charge >= 0.3 is 5.69 Å². The van der Waals surface area contributed by atoms with E-state index in [1.165, 1.54) is 0 Å². The van der Waals surface area contributed by atoms with Crippen molar-refractivity contribution in [1.82, 2.24) is 15.0 Å². The van der Waals surface area contributed by atoms with Gasteiger partial charge in [-0.2, -0.15) is 0 Å². The lowest BCUT2D eigenvalue weighted by atomic mass is 10.2. The molecule has 20 heavy (non-hydrogen) atoms. The topological polar surface area (TPSA) is 99.6 Å². The fourth-order valence-corrected chi connectivity index (χ4v) is 2.05. The quantitative estimate of drug-likeness (QED) is 0.582. The third-order valence-electron chi connectivity index (χ3n) is 3.18. The van der Waals surface area contributed by atoms with Crippen LogP contribution in [0.2, 0.25) is 0 Å². The summed E-state index contributed by atoms with van der Waals surface area (Å²) in [7, 11) is 0. The molecule has 1 aromatic carbocycles. The van der Waals surface area contributed by atoms with Crippen molar-refractivity contribution in [2.75, 3.05) is 11.1 Å². The van der Waals surface area contributed by atoms with Crippen molar-refractivity contribution in [2.45, 2.75) is 13.5 Å². The first kappa shape index (κ1) is 12.3. The zero-order chi connectivity index (χ0) is 14.1. The zero-order valence-electron chi connectivity index (χ0n) is 11.0. The molecule has 0 aliphatic carbocycles. The molecule has 0 fully saturated rings. The maximum absolute atomic E-state index is 11.2. The van der Waals surface area contributed by atoms with Crippen LogP contribution >= 0.6 is 0 Å². The maximum atomic E-state index is 11.2. The minimum atomic E-state index is -0.194. The second-order valence-corrected chi connectivity index (χ2v) is 4.68. The van der Waals surface area contributed by atoms with Crippen molar-refractivity contribution >= 4 is 22.5 Å². The van der Waals surface area contributed by atoms with Crippen molar-refractivity contribution in [2.24, 2.45) is 0 Å². The minimum Gasteiger partial charge on any atom is -0.397 e. The number of H-pyrrole nitrogens is 2. The lowest BCUT2D eigenvalue weighted by Gasteiger charge is -2.07. The highest BCUT2D eigenvalue weighted by Crippen LogP contribution is 2.14. The Morgan fingerprint density at radius 3 is 2.80 bits per heavy atom. The van der Waals surface area contributed by atoms with Crippen LogP contribution in [0.5, 0.6) is 0 Å². The van der Waals surface area contributed by atoms with Gasteiger partial charge in [0.25, 0.3) is 0 Å². The van der Waals surface area contributed by atoms with Crippen LogP contribution < -0.4 is 16.7 Å². The van der Waals surface area contributed by atoms with Crippen LogP contribution in [-0.4, -0.2) is 15.0 Å². The molecule has 0 radical (unpaired) electrons. The first-order valence-electron chi connectivity index (χ1n) is 6.30. The number of hydrogen-bond acceptors (Lipinski definition) is 4. The highest BCUT2D eigenvalue weighted by molar-refractivity contribution is 5.75. The van der Waals surface area contributed by atoms with Crippen molar-refractivity contribution in [3.63, 3.8) is 0 Å². The average Bonchev–Trinajstić information content (AvgIpc) is 2.79. The number of nitrogens with one attached hydrogen (secondary N) is 3. The van der Waals surface area contributed by atoms with Crippen LogP contribution in [0.3, 0.4) is 0 Å². The second kappa shape index (κ2) is 4.73. The van der Waals surface area contributed by atoms with Gasteiger partial charge in [0.2, 0.25) is 0 Å². The SMILES string of the molecule is Cc1nc(NCc2ccc3[nH]c(=O)[nH]c3c2)ccc1N. The lowest BCUT2D eigenvalue weighted by Crippen LogP contribution is -2.03. The number of anilines is 2. The summed E-state index contributed by atoms with van der Waals surface area (Å²) in [4.78, 5) is 21.0. The summed E-state index contributed by atoms with van der Waals surface area (Å²) in [5.41, 5.74) is 9.69. The van der Waals surface area contributed by atoms with Crippen LogP contribution in [0.1, 0.15) is 11.3 Å².